The van der Waals surface area contributed by atoms with E-state index < -0.39 is 17.9 Å². The van der Waals surface area contributed by atoms with Crippen LogP contribution >= 0.6 is 22.9 Å². The fourth-order valence-electron chi connectivity index (χ4n) is 2.58. The number of rotatable bonds is 6. The van der Waals surface area contributed by atoms with Gasteiger partial charge in [0.25, 0.3) is 0 Å². The highest BCUT2D eigenvalue weighted by Gasteiger charge is 2.24. The summed E-state index contributed by atoms with van der Waals surface area (Å²) < 4.78 is 0. The highest BCUT2D eigenvalue weighted by molar-refractivity contribution is 7.13. The molecule has 1 atom stereocenters. The molecule has 3 rings (SSSR count). The Hall–Kier alpha value is -2.70. The third-order valence-corrected chi connectivity index (χ3v) is 5.24. The topological polar surface area (TPSA) is 79.3 Å². The number of aromatic nitrogens is 1. The van der Waals surface area contributed by atoms with Crippen molar-refractivity contribution in [2.45, 2.75) is 19.4 Å². The van der Waals surface area contributed by atoms with Crippen molar-refractivity contribution in [1.29, 1.82) is 0 Å². The Labute approximate surface area is 165 Å². The predicted octanol–water partition coefficient (Wildman–Crippen LogP) is 4.26. The number of hydrogen-bond acceptors (Lipinski definition) is 4. The monoisotopic (exact) mass is 400 g/mol. The molecule has 138 valence electrons. The molecule has 0 saturated heterocycles. The number of nitrogens with one attached hydrogen (secondary N) is 1. The number of carbonyl (C=O) groups excluding carboxylic acids is 1. The molecule has 0 bridgehead atoms. The summed E-state index contributed by atoms with van der Waals surface area (Å²) in [4.78, 5) is 28.4. The lowest BCUT2D eigenvalue weighted by atomic mass is 10.1. The first kappa shape index (κ1) is 19.1. The SMILES string of the molecule is Cc1ccc(-c2nc(CC(=O)NC(C(=O)O)c3ccccc3Cl)cs2)cc1. The lowest BCUT2D eigenvalue weighted by Crippen LogP contribution is -2.35. The van der Waals surface area contributed by atoms with Crippen LogP contribution in [0.25, 0.3) is 10.6 Å². The second-order valence-electron chi connectivity index (χ2n) is 6.05. The molecule has 5 nitrogen and oxygen atoms in total. The standard InChI is InChI=1S/C20H17ClN2O3S/c1-12-6-8-13(9-7-12)19-22-14(11-27-19)10-17(24)23-18(20(25)26)15-4-2-3-5-16(15)21/h2-9,11,18H,10H2,1H3,(H,23,24)(H,25,26). The molecule has 0 aliphatic rings. The summed E-state index contributed by atoms with van der Waals surface area (Å²) in [5.74, 6) is -1.60. The van der Waals surface area contributed by atoms with Crippen LogP contribution in [0.15, 0.2) is 53.9 Å². The second kappa shape index (κ2) is 8.33. The largest absolute Gasteiger partial charge is 0.479 e. The van der Waals surface area contributed by atoms with Gasteiger partial charge in [0.1, 0.15) is 5.01 Å². The summed E-state index contributed by atoms with van der Waals surface area (Å²) in [7, 11) is 0. The number of carboxylic acids is 1. The number of nitrogens with zero attached hydrogens (tertiary/aromatic N) is 1. The molecular weight excluding hydrogens is 384 g/mol. The minimum Gasteiger partial charge on any atom is -0.479 e. The Morgan fingerprint density at radius 2 is 1.89 bits per heavy atom. The van der Waals surface area contributed by atoms with Gasteiger partial charge in [-0.2, -0.15) is 0 Å². The van der Waals surface area contributed by atoms with Gasteiger partial charge in [-0.05, 0) is 13.0 Å². The average molecular weight is 401 g/mol. The van der Waals surface area contributed by atoms with Crippen LogP contribution in [0, 0.1) is 6.92 Å². The quantitative estimate of drug-likeness (QED) is 0.648. The van der Waals surface area contributed by atoms with E-state index in [1.165, 1.54) is 11.3 Å². The number of aliphatic carboxylic acids is 1. The molecule has 0 saturated carbocycles. The molecule has 2 N–H and O–H groups in total. The zero-order valence-corrected chi connectivity index (χ0v) is 16.1. The van der Waals surface area contributed by atoms with Crippen LogP contribution in [-0.4, -0.2) is 22.0 Å². The Bertz CT molecular complexity index is 969. The Morgan fingerprint density at radius 3 is 2.56 bits per heavy atom. The van der Waals surface area contributed by atoms with Crippen LogP contribution in [0.3, 0.4) is 0 Å². The minimum absolute atomic E-state index is 0.00338. The number of aryl methyl sites for hydroxylation is 1. The van der Waals surface area contributed by atoms with Gasteiger partial charge in [-0.25, -0.2) is 9.78 Å². The van der Waals surface area contributed by atoms with Crippen molar-refractivity contribution in [2.75, 3.05) is 0 Å². The number of amides is 1. The predicted molar refractivity (Wildman–Crippen MR) is 106 cm³/mol. The van der Waals surface area contributed by atoms with Crippen molar-refractivity contribution in [2.24, 2.45) is 0 Å². The number of hydrogen-bond donors (Lipinski definition) is 2. The van der Waals surface area contributed by atoms with E-state index in [2.05, 4.69) is 10.3 Å². The van der Waals surface area contributed by atoms with Gasteiger partial charge in [0.15, 0.2) is 6.04 Å². The van der Waals surface area contributed by atoms with Crippen molar-refractivity contribution in [3.63, 3.8) is 0 Å². The molecule has 7 heteroatoms. The van der Waals surface area contributed by atoms with E-state index in [4.69, 9.17) is 11.6 Å². The van der Waals surface area contributed by atoms with Gasteiger partial charge in [-0.1, -0.05) is 59.6 Å². The lowest BCUT2D eigenvalue weighted by molar-refractivity contribution is -0.142. The number of benzene rings is 2. The van der Waals surface area contributed by atoms with Crippen LogP contribution in [0.5, 0.6) is 0 Å². The van der Waals surface area contributed by atoms with E-state index in [1.807, 2.05) is 31.2 Å². The highest BCUT2D eigenvalue weighted by atomic mass is 35.5. The van der Waals surface area contributed by atoms with Crippen molar-refractivity contribution in [3.8, 4) is 10.6 Å². The Morgan fingerprint density at radius 1 is 1.19 bits per heavy atom. The number of carbonyl (C=O) groups is 2. The summed E-state index contributed by atoms with van der Waals surface area (Å²) >= 11 is 7.51. The Balaban J connectivity index is 1.71. The molecule has 0 spiro atoms. The van der Waals surface area contributed by atoms with E-state index >= 15 is 0 Å². The van der Waals surface area contributed by atoms with Crippen LogP contribution in [-0.2, 0) is 16.0 Å². The molecule has 0 aliphatic carbocycles. The molecule has 1 unspecified atom stereocenters. The summed E-state index contributed by atoms with van der Waals surface area (Å²) in [6, 6.07) is 13.3. The van der Waals surface area contributed by atoms with E-state index in [1.54, 1.807) is 29.6 Å². The molecule has 27 heavy (non-hydrogen) atoms. The summed E-state index contributed by atoms with van der Waals surface area (Å²) in [5, 5.41) is 14.9. The minimum atomic E-state index is -1.21. The average Bonchev–Trinajstić information content (AvgIpc) is 3.09. The maximum absolute atomic E-state index is 12.3. The highest BCUT2D eigenvalue weighted by Crippen LogP contribution is 2.25. The molecule has 1 heterocycles. The van der Waals surface area contributed by atoms with Gasteiger partial charge >= 0.3 is 5.97 Å². The normalized spacial score (nSPS) is 11.8. The Kier molecular flexibility index (Phi) is 5.88. The van der Waals surface area contributed by atoms with Gasteiger partial charge in [-0.15, -0.1) is 11.3 Å². The van der Waals surface area contributed by atoms with Crippen LogP contribution in [0.4, 0.5) is 0 Å². The number of thiazole rings is 1. The molecule has 1 amide bonds. The van der Waals surface area contributed by atoms with Crippen LogP contribution < -0.4 is 5.32 Å². The third kappa shape index (κ3) is 4.72. The first-order valence-electron chi connectivity index (χ1n) is 8.22. The van der Waals surface area contributed by atoms with E-state index in [0.717, 1.165) is 16.1 Å². The molecule has 0 fully saturated rings. The number of carboxylic acid groups (broad SMARTS) is 1. The van der Waals surface area contributed by atoms with E-state index in [-0.39, 0.29) is 6.42 Å². The summed E-state index contributed by atoms with van der Waals surface area (Å²) in [6.45, 7) is 2.01. The van der Waals surface area contributed by atoms with Crippen molar-refractivity contribution >= 4 is 34.8 Å². The van der Waals surface area contributed by atoms with E-state index in [0.29, 0.717) is 16.3 Å². The maximum Gasteiger partial charge on any atom is 0.330 e. The molecule has 0 aliphatic heterocycles. The smallest absolute Gasteiger partial charge is 0.330 e. The van der Waals surface area contributed by atoms with Gasteiger partial charge < -0.3 is 10.4 Å². The molecule has 2 aromatic carbocycles. The molecule has 1 aromatic heterocycles. The second-order valence-corrected chi connectivity index (χ2v) is 7.31. The van der Waals surface area contributed by atoms with Gasteiger partial charge in [-0.3, -0.25) is 4.79 Å². The fraction of sp³-hybridized carbons (Fsp3) is 0.150. The maximum atomic E-state index is 12.3. The van der Waals surface area contributed by atoms with Crippen LogP contribution in [0.1, 0.15) is 22.9 Å². The molecule has 3 aromatic rings. The van der Waals surface area contributed by atoms with Crippen molar-refractivity contribution < 1.29 is 14.7 Å². The molecule has 0 radical (unpaired) electrons. The van der Waals surface area contributed by atoms with Crippen LogP contribution in [0.2, 0.25) is 5.02 Å². The van der Waals surface area contributed by atoms with E-state index in [9.17, 15) is 14.7 Å². The third-order valence-electron chi connectivity index (χ3n) is 3.96. The van der Waals surface area contributed by atoms with Crippen molar-refractivity contribution in [1.82, 2.24) is 10.3 Å². The van der Waals surface area contributed by atoms with Gasteiger partial charge in [0.2, 0.25) is 5.91 Å². The summed E-state index contributed by atoms with van der Waals surface area (Å²) in [6.07, 6.45) is -0.00338. The number of halogens is 1. The van der Waals surface area contributed by atoms with Gasteiger partial charge in [0.05, 0.1) is 12.1 Å². The zero-order chi connectivity index (χ0) is 19.4. The van der Waals surface area contributed by atoms with Crippen molar-refractivity contribution in [3.05, 3.63) is 75.8 Å². The first-order chi connectivity index (χ1) is 12.9. The lowest BCUT2D eigenvalue weighted by Gasteiger charge is -2.15. The van der Waals surface area contributed by atoms with Gasteiger partial charge in [0, 0.05) is 21.5 Å². The molecular formula is C20H17ClN2O3S. The summed E-state index contributed by atoms with van der Waals surface area (Å²) in [5.41, 5.74) is 3.08. The first-order valence-corrected chi connectivity index (χ1v) is 9.48. The zero-order valence-electron chi connectivity index (χ0n) is 14.5. The fourth-order valence-corrected chi connectivity index (χ4v) is 3.65.